The lowest BCUT2D eigenvalue weighted by Gasteiger charge is -2.05. The molecule has 3 aromatic rings. The highest BCUT2D eigenvalue weighted by Gasteiger charge is 2.09. The minimum absolute atomic E-state index is 0.239. The number of rotatable bonds is 4. The van der Waals surface area contributed by atoms with Crippen LogP contribution >= 0.6 is 23.2 Å². The van der Waals surface area contributed by atoms with E-state index in [2.05, 4.69) is 5.32 Å². The smallest absolute Gasteiger partial charge is 0.135 e. The highest BCUT2D eigenvalue weighted by Crippen LogP contribution is 2.31. The maximum atomic E-state index is 9.25. The van der Waals surface area contributed by atoms with E-state index in [1.165, 1.54) is 0 Å². The van der Waals surface area contributed by atoms with E-state index in [9.17, 15) is 5.11 Å². The highest BCUT2D eigenvalue weighted by atomic mass is 35.5. The fraction of sp³-hybridized carbons (Fsp3) is 0.0588. The van der Waals surface area contributed by atoms with Crippen molar-refractivity contribution < 1.29 is 9.52 Å². The van der Waals surface area contributed by atoms with E-state index in [0.717, 1.165) is 17.0 Å². The molecular formula is C17H13Cl2NO2. The number of halogens is 2. The molecule has 0 aliphatic rings. The third-order valence-electron chi connectivity index (χ3n) is 3.19. The monoisotopic (exact) mass is 333 g/mol. The van der Waals surface area contributed by atoms with Crippen LogP contribution in [0, 0.1) is 0 Å². The van der Waals surface area contributed by atoms with Crippen molar-refractivity contribution in [1.29, 1.82) is 0 Å². The summed E-state index contributed by atoms with van der Waals surface area (Å²) >= 11 is 12.1. The fourth-order valence-electron chi connectivity index (χ4n) is 2.08. The average Bonchev–Trinajstić information content (AvgIpc) is 2.95. The molecule has 0 radical (unpaired) electrons. The van der Waals surface area contributed by atoms with Gasteiger partial charge in [-0.25, -0.2) is 0 Å². The van der Waals surface area contributed by atoms with Crippen LogP contribution < -0.4 is 5.32 Å². The lowest BCUT2D eigenvalue weighted by molar-refractivity contribution is 0.475. The van der Waals surface area contributed by atoms with Gasteiger partial charge < -0.3 is 14.8 Å². The second-order valence-corrected chi connectivity index (χ2v) is 5.63. The van der Waals surface area contributed by atoms with Gasteiger partial charge in [-0.3, -0.25) is 0 Å². The Kier molecular flexibility index (Phi) is 4.27. The van der Waals surface area contributed by atoms with Gasteiger partial charge in [-0.1, -0.05) is 23.2 Å². The lowest BCUT2D eigenvalue weighted by Crippen LogP contribution is -1.97. The minimum Gasteiger partial charge on any atom is -0.508 e. The minimum atomic E-state index is 0.239. The molecule has 0 atom stereocenters. The first kappa shape index (κ1) is 14.8. The summed E-state index contributed by atoms with van der Waals surface area (Å²) in [6.07, 6.45) is 0. The highest BCUT2D eigenvalue weighted by molar-refractivity contribution is 6.36. The summed E-state index contributed by atoms with van der Waals surface area (Å²) in [4.78, 5) is 0. The molecule has 22 heavy (non-hydrogen) atoms. The zero-order valence-electron chi connectivity index (χ0n) is 11.5. The molecule has 0 aliphatic heterocycles. The van der Waals surface area contributed by atoms with Crippen LogP contribution in [0.2, 0.25) is 10.0 Å². The first-order valence-corrected chi connectivity index (χ1v) is 7.44. The van der Waals surface area contributed by atoms with Crippen LogP contribution in [0.25, 0.3) is 11.3 Å². The molecule has 5 heteroatoms. The number of furan rings is 1. The van der Waals surface area contributed by atoms with E-state index in [4.69, 9.17) is 27.6 Å². The van der Waals surface area contributed by atoms with E-state index in [-0.39, 0.29) is 5.75 Å². The van der Waals surface area contributed by atoms with Gasteiger partial charge in [0, 0.05) is 16.3 Å². The molecule has 0 saturated heterocycles. The van der Waals surface area contributed by atoms with E-state index in [1.54, 1.807) is 36.4 Å². The van der Waals surface area contributed by atoms with Gasteiger partial charge in [0.15, 0.2) is 0 Å². The second-order valence-electron chi connectivity index (χ2n) is 4.79. The summed E-state index contributed by atoms with van der Waals surface area (Å²) in [5.41, 5.74) is 1.71. The lowest BCUT2D eigenvalue weighted by atomic mass is 10.2. The summed E-state index contributed by atoms with van der Waals surface area (Å²) in [7, 11) is 0. The molecule has 0 fully saturated rings. The molecular weight excluding hydrogens is 321 g/mol. The number of hydrogen-bond acceptors (Lipinski definition) is 3. The van der Waals surface area contributed by atoms with Gasteiger partial charge in [-0.2, -0.15) is 0 Å². The standard InChI is InChI=1S/C17H13Cl2NO2/c18-11-1-7-15(16(19)9-11)17-8-6-14(22-17)10-20-12-2-4-13(21)5-3-12/h1-9,20-21H,10H2. The molecule has 3 rings (SSSR count). The SMILES string of the molecule is Oc1ccc(NCc2ccc(-c3ccc(Cl)cc3Cl)o2)cc1. The number of hydrogen-bond donors (Lipinski definition) is 2. The van der Waals surface area contributed by atoms with Gasteiger partial charge in [0.2, 0.25) is 0 Å². The molecule has 3 nitrogen and oxygen atoms in total. The molecule has 0 bridgehead atoms. The van der Waals surface area contributed by atoms with E-state index in [1.807, 2.05) is 18.2 Å². The Bertz CT molecular complexity index is 782. The third kappa shape index (κ3) is 3.38. The summed E-state index contributed by atoms with van der Waals surface area (Å²) in [5, 5.41) is 13.6. The molecule has 0 amide bonds. The van der Waals surface area contributed by atoms with Crippen molar-refractivity contribution in [1.82, 2.24) is 0 Å². The number of phenols is 1. The van der Waals surface area contributed by atoms with Crippen LogP contribution in [0.3, 0.4) is 0 Å². The summed E-state index contributed by atoms with van der Waals surface area (Å²) < 4.78 is 5.80. The molecule has 0 aliphatic carbocycles. The summed E-state index contributed by atoms with van der Waals surface area (Å²) in [6, 6.07) is 15.9. The van der Waals surface area contributed by atoms with Gasteiger partial charge >= 0.3 is 0 Å². The predicted octanol–water partition coefficient (Wildman–Crippen LogP) is 5.57. The quantitative estimate of drug-likeness (QED) is 0.613. The molecule has 1 heterocycles. The Morgan fingerprint density at radius 3 is 2.45 bits per heavy atom. The summed E-state index contributed by atoms with van der Waals surface area (Å²) in [5.74, 6) is 1.72. The van der Waals surface area contributed by atoms with Crippen molar-refractivity contribution >= 4 is 28.9 Å². The Hall–Kier alpha value is -2.10. The number of nitrogens with one attached hydrogen (secondary N) is 1. The maximum absolute atomic E-state index is 9.25. The average molecular weight is 334 g/mol. The molecule has 0 unspecified atom stereocenters. The topological polar surface area (TPSA) is 45.4 Å². The van der Waals surface area contributed by atoms with Gasteiger partial charge in [0.25, 0.3) is 0 Å². The van der Waals surface area contributed by atoms with Crippen molar-refractivity contribution in [3.05, 3.63) is 70.4 Å². The first-order valence-electron chi connectivity index (χ1n) is 6.69. The van der Waals surface area contributed by atoms with Gasteiger partial charge in [0.05, 0.1) is 11.6 Å². The van der Waals surface area contributed by atoms with E-state index >= 15 is 0 Å². The normalized spacial score (nSPS) is 10.6. The molecule has 1 aromatic heterocycles. The zero-order chi connectivity index (χ0) is 15.5. The third-order valence-corrected chi connectivity index (χ3v) is 3.74. The number of aromatic hydroxyl groups is 1. The zero-order valence-corrected chi connectivity index (χ0v) is 13.0. The van der Waals surface area contributed by atoms with Crippen LogP contribution in [-0.2, 0) is 6.54 Å². The van der Waals surface area contributed by atoms with Crippen molar-refractivity contribution in [2.75, 3.05) is 5.32 Å². The van der Waals surface area contributed by atoms with Crippen LogP contribution in [0.15, 0.2) is 59.0 Å². The van der Waals surface area contributed by atoms with Crippen molar-refractivity contribution in [2.24, 2.45) is 0 Å². The fourth-order valence-corrected chi connectivity index (χ4v) is 2.58. The van der Waals surface area contributed by atoms with E-state index in [0.29, 0.717) is 22.4 Å². The Balaban J connectivity index is 1.72. The Morgan fingerprint density at radius 1 is 0.955 bits per heavy atom. The maximum Gasteiger partial charge on any atom is 0.135 e. The molecule has 0 spiro atoms. The van der Waals surface area contributed by atoms with Crippen molar-refractivity contribution in [3.63, 3.8) is 0 Å². The predicted molar refractivity (Wildman–Crippen MR) is 89.6 cm³/mol. The van der Waals surface area contributed by atoms with Gasteiger partial charge in [0.1, 0.15) is 17.3 Å². The van der Waals surface area contributed by atoms with Crippen molar-refractivity contribution in [3.8, 4) is 17.1 Å². The van der Waals surface area contributed by atoms with Crippen LogP contribution in [-0.4, -0.2) is 5.11 Å². The first-order chi connectivity index (χ1) is 10.6. The van der Waals surface area contributed by atoms with E-state index < -0.39 is 0 Å². The van der Waals surface area contributed by atoms with Gasteiger partial charge in [-0.15, -0.1) is 0 Å². The molecule has 2 aromatic carbocycles. The number of phenolic OH excluding ortho intramolecular Hbond substituents is 1. The van der Waals surface area contributed by atoms with Crippen LogP contribution in [0.1, 0.15) is 5.76 Å². The number of anilines is 1. The van der Waals surface area contributed by atoms with Crippen molar-refractivity contribution in [2.45, 2.75) is 6.54 Å². The molecule has 112 valence electrons. The number of benzene rings is 2. The van der Waals surface area contributed by atoms with Crippen LogP contribution in [0.4, 0.5) is 5.69 Å². The molecule has 2 N–H and O–H groups in total. The summed E-state index contributed by atoms with van der Waals surface area (Å²) in [6.45, 7) is 0.538. The largest absolute Gasteiger partial charge is 0.508 e. The second kappa shape index (κ2) is 6.34. The van der Waals surface area contributed by atoms with Gasteiger partial charge in [-0.05, 0) is 54.6 Å². The molecule has 0 saturated carbocycles. The Labute approximate surface area is 138 Å². The van der Waals surface area contributed by atoms with Crippen LogP contribution in [0.5, 0.6) is 5.75 Å². The Morgan fingerprint density at radius 2 is 1.73 bits per heavy atom.